The summed E-state index contributed by atoms with van der Waals surface area (Å²) in [7, 11) is 0. The number of halogens is 1. The summed E-state index contributed by atoms with van der Waals surface area (Å²) < 4.78 is 7.44. The number of fused-ring (bicyclic) bond motifs is 1. The number of aromatic nitrogens is 2. The minimum absolute atomic E-state index is 0.131. The third kappa shape index (κ3) is 5.62. The second-order valence-corrected chi connectivity index (χ2v) is 10.0. The fourth-order valence-electron chi connectivity index (χ4n) is 4.13. The van der Waals surface area contributed by atoms with E-state index in [1.165, 1.54) is 0 Å². The molecule has 4 heterocycles. The number of hydrogen-bond acceptors (Lipinski definition) is 6. The highest BCUT2D eigenvalue weighted by Gasteiger charge is 2.19. The van der Waals surface area contributed by atoms with E-state index in [4.69, 9.17) is 16.3 Å². The number of nitrogens with one attached hydrogen (secondary N) is 1. The van der Waals surface area contributed by atoms with Crippen molar-refractivity contribution in [3.63, 3.8) is 0 Å². The lowest BCUT2D eigenvalue weighted by molar-refractivity contribution is 0.0346. The van der Waals surface area contributed by atoms with Gasteiger partial charge in [-0.1, -0.05) is 29.8 Å². The van der Waals surface area contributed by atoms with Crippen molar-refractivity contribution in [2.45, 2.75) is 19.6 Å². The van der Waals surface area contributed by atoms with E-state index in [2.05, 4.69) is 15.2 Å². The van der Waals surface area contributed by atoms with Crippen molar-refractivity contribution in [1.82, 2.24) is 19.8 Å². The molecular formula is C26H25ClN4O3S. The van der Waals surface area contributed by atoms with Crippen LogP contribution in [0.1, 0.15) is 26.4 Å². The quantitative estimate of drug-likeness (QED) is 0.409. The molecule has 1 fully saturated rings. The number of carbonyl (C=O) groups is 1. The molecule has 180 valence electrons. The van der Waals surface area contributed by atoms with Crippen LogP contribution in [0.25, 0.3) is 10.2 Å². The molecule has 3 aromatic heterocycles. The van der Waals surface area contributed by atoms with Gasteiger partial charge in [0, 0.05) is 61.2 Å². The molecule has 0 spiro atoms. The monoisotopic (exact) mass is 508 g/mol. The first-order valence-electron chi connectivity index (χ1n) is 11.4. The molecular weight excluding hydrogens is 484 g/mol. The van der Waals surface area contributed by atoms with Crippen LogP contribution in [0.4, 0.5) is 0 Å². The van der Waals surface area contributed by atoms with Crippen molar-refractivity contribution in [1.29, 1.82) is 0 Å². The molecule has 1 aromatic carbocycles. The first kappa shape index (κ1) is 23.7. The number of hydrogen-bond donors (Lipinski definition) is 1. The van der Waals surface area contributed by atoms with Crippen molar-refractivity contribution in [3.05, 3.63) is 97.9 Å². The Morgan fingerprint density at radius 3 is 2.66 bits per heavy atom. The summed E-state index contributed by atoms with van der Waals surface area (Å²) in [5.41, 5.74) is 1.78. The van der Waals surface area contributed by atoms with Crippen LogP contribution in [0.15, 0.2) is 65.8 Å². The molecule has 5 rings (SSSR count). The second kappa shape index (κ2) is 10.7. The van der Waals surface area contributed by atoms with Crippen LogP contribution in [-0.4, -0.2) is 46.7 Å². The summed E-state index contributed by atoms with van der Waals surface area (Å²) in [5.74, 6) is -0.396. The van der Waals surface area contributed by atoms with Crippen LogP contribution < -0.4 is 10.7 Å². The maximum atomic E-state index is 13.4. The Kier molecular flexibility index (Phi) is 7.24. The van der Waals surface area contributed by atoms with E-state index in [1.807, 2.05) is 34.9 Å². The molecule has 0 saturated carbocycles. The Morgan fingerprint density at radius 1 is 1.11 bits per heavy atom. The Hall–Kier alpha value is -3.04. The summed E-state index contributed by atoms with van der Waals surface area (Å²) in [6, 6.07) is 13.1. The average molecular weight is 509 g/mol. The highest BCUT2D eigenvalue weighted by Crippen LogP contribution is 2.26. The molecule has 4 aromatic rings. The summed E-state index contributed by atoms with van der Waals surface area (Å²) >= 11 is 7.55. The van der Waals surface area contributed by atoms with Gasteiger partial charge in [-0.25, -0.2) is 0 Å². The maximum Gasteiger partial charge on any atom is 0.257 e. The summed E-state index contributed by atoms with van der Waals surface area (Å²) in [5, 5.41) is 4.08. The Balaban J connectivity index is 1.47. The topological polar surface area (TPSA) is 76.5 Å². The van der Waals surface area contributed by atoms with E-state index in [-0.39, 0.29) is 11.0 Å². The van der Waals surface area contributed by atoms with Gasteiger partial charge in [0.1, 0.15) is 10.4 Å². The standard InChI is InChI=1S/C26H25ClN4O3S/c27-20-5-3-18(4-6-20)14-29-25(33)23-17-31(15-19-2-1-7-28-13-19)26-22(24(23)32)12-21(35-26)16-30-8-10-34-11-9-30/h1-7,12-13,17H,8-11,14-16H2,(H,29,33). The lowest BCUT2D eigenvalue weighted by Crippen LogP contribution is -2.35. The molecule has 0 aliphatic carbocycles. The van der Waals surface area contributed by atoms with E-state index in [1.54, 1.807) is 42.1 Å². The predicted molar refractivity (Wildman–Crippen MR) is 138 cm³/mol. The molecule has 1 amide bonds. The molecule has 0 unspecified atom stereocenters. The minimum Gasteiger partial charge on any atom is -0.379 e. The van der Waals surface area contributed by atoms with Crippen LogP contribution in [0.5, 0.6) is 0 Å². The molecule has 1 aliphatic heterocycles. The molecule has 1 saturated heterocycles. The zero-order valence-electron chi connectivity index (χ0n) is 19.1. The Labute approximate surface area is 211 Å². The first-order valence-corrected chi connectivity index (χ1v) is 12.6. The number of nitrogens with zero attached hydrogens (tertiary/aromatic N) is 3. The van der Waals surface area contributed by atoms with E-state index >= 15 is 0 Å². The molecule has 35 heavy (non-hydrogen) atoms. The van der Waals surface area contributed by atoms with Gasteiger partial charge in [-0.2, -0.15) is 0 Å². The summed E-state index contributed by atoms with van der Waals surface area (Å²) in [6.45, 7) is 4.75. The van der Waals surface area contributed by atoms with Crippen LogP contribution >= 0.6 is 22.9 Å². The summed E-state index contributed by atoms with van der Waals surface area (Å²) in [4.78, 5) is 35.0. The van der Waals surface area contributed by atoms with E-state index in [0.717, 1.165) is 53.7 Å². The lowest BCUT2D eigenvalue weighted by Gasteiger charge is -2.25. The van der Waals surface area contributed by atoms with E-state index in [9.17, 15) is 9.59 Å². The average Bonchev–Trinajstić information content (AvgIpc) is 3.31. The van der Waals surface area contributed by atoms with Gasteiger partial charge in [0.2, 0.25) is 5.43 Å². The summed E-state index contributed by atoms with van der Waals surface area (Å²) in [6.07, 6.45) is 5.20. The number of morpholine rings is 1. The zero-order valence-corrected chi connectivity index (χ0v) is 20.6. The molecule has 0 atom stereocenters. The molecule has 1 aliphatic rings. The molecule has 0 bridgehead atoms. The lowest BCUT2D eigenvalue weighted by atomic mass is 10.1. The van der Waals surface area contributed by atoms with Gasteiger partial charge in [-0.15, -0.1) is 11.3 Å². The van der Waals surface area contributed by atoms with Gasteiger partial charge >= 0.3 is 0 Å². The third-order valence-electron chi connectivity index (χ3n) is 5.97. The Bertz CT molecular complexity index is 1380. The number of ether oxygens (including phenoxy) is 1. The SMILES string of the molecule is O=C(NCc1ccc(Cl)cc1)c1cn(Cc2cccnc2)c2sc(CN3CCOCC3)cc2c1=O. The second-order valence-electron chi connectivity index (χ2n) is 8.49. The molecule has 9 heteroatoms. The number of pyridine rings is 2. The van der Waals surface area contributed by atoms with Gasteiger partial charge in [0.15, 0.2) is 0 Å². The minimum atomic E-state index is -0.396. The van der Waals surface area contributed by atoms with Crippen LogP contribution in [0.3, 0.4) is 0 Å². The Morgan fingerprint density at radius 2 is 1.91 bits per heavy atom. The van der Waals surface area contributed by atoms with Gasteiger partial charge in [0.05, 0.1) is 18.6 Å². The molecule has 1 N–H and O–H groups in total. The third-order valence-corrected chi connectivity index (χ3v) is 7.38. The van der Waals surface area contributed by atoms with Gasteiger partial charge in [-0.05, 0) is 35.4 Å². The number of carbonyl (C=O) groups excluding carboxylic acids is 1. The van der Waals surface area contributed by atoms with E-state index in [0.29, 0.717) is 23.5 Å². The van der Waals surface area contributed by atoms with Crippen molar-refractivity contribution < 1.29 is 9.53 Å². The van der Waals surface area contributed by atoms with Crippen molar-refractivity contribution in [2.75, 3.05) is 26.3 Å². The van der Waals surface area contributed by atoms with Crippen molar-refractivity contribution in [2.24, 2.45) is 0 Å². The molecule has 0 radical (unpaired) electrons. The van der Waals surface area contributed by atoms with Crippen molar-refractivity contribution >= 4 is 39.1 Å². The number of amides is 1. The highest BCUT2D eigenvalue weighted by molar-refractivity contribution is 7.18. The fourth-order valence-corrected chi connectivity index (χ4v) is 5.42. The van der Waals surface area contributed by atoms with Gasteiger partial charge < -0.3 is 14.6 Å². The maximum absolute atomic E-state index is 13.4. The first-order chi connectivity index (χ1) is 17.1. The number of rotatable bonds is 7. The normalized spacial score (nSPS) is 14.3. The number of benzene rings is 1. The van der Waals surface area contributed by atoms with Gasteiger partial charge in [-0.3, -0.25) is 19.5 Å². The van der Waals surface area contributed by atoms with Gasteiger partial charge in [0.25, 0.3) is 5.91 Å². The highest BCUT2D eigenvalue weighted by atomic mass is 35.5. The van der Waals surface area contributed by atoms with Crippen LogP contribution in [0.2, 0.25) is 5.02 Å². The van der Waals surface area contributed by atoms with Crippen molar-refractivity contribution in [3.8, 4) is 0 Å². The fraction of sp³-hybridized carbons (Fsp3) is 0.269. The zero-order chi connectivity index (χ0) is 24.2. The van der Waals surface area contributed by atoms with Crippen LogP contribution in [-0.2, 0) is 24.4 Å². The van der Waals surface area contributed by atoms with Crippen LogP contribution in [0, 0.1) is 0 Å². The molecule has 7 nitrogen and oxygen atoms in total. The number of thiophene rings is 1. The predicted octanol–water partition coefficient (Wildman–Crippen LogP) is 3.92. The van der Waals surface area contributed by atoms with E-state index < -0.39 is 5.91 Å². The largest absolute Gasteiger partial charge is 0.379 e. The smallest absolute Gasteiger partial charge is 0.257 e.